The Morgan fingerprint density at radius 1 is 1.19 bits per heavy atom. The first-order chi connectivity index (χ1) is 15.1. The van der Waals surface area contributed by atoms with E-state index in [2.05, 4.69) is 23.0 Å². The van der Waals surface area contributed by atoms with E-state index >= 15 is 0 Å². The average Bonchev–Trinajstić information content (AvgIpc) is 3.12. The molecule has 0 saturated carbocycles. The maximum absolute atomic E-state index is 12.8. The molecule has 1 aliphatic heterocycles. The summed E-state index contributed by atoms with van der Waals surface area (Å²) in [6, 6.07) is 12.0. The van der Waals surface area contributed by atoms with Gasteiger partial charge in [0, 0.05) is 25.1 Å². The number of unbranched alkanes of at least 4 members (excludes halogenated alkanes) is 1. The van der Waals surface area contributed by atoms with Gasteiger partial charge in [-0.15, -0.1) is 12.4 Å². The van der Waals surface area contributed by atoms with Gasteiger partial charge in [-0.25, -0.2) is 4.79 Å². The van der Waals surface area contributed by atoms with E-state index in [-0.39, 0.29) is 23.9 Å². The lowest BCUT2D eigenvalue weighted by atomic mass is 9.98. The molecule has 0 unspecified atom stereocenters. The van der Waals surface area contributed by atoms with E-state index in [0.29, 0.717) is 6.42 Å². The van der Waals surface area contributed by atoms with E-state index in [1.165, 1.54) is 5.56 Å². The van der Waals surface area contributed by atoms with Gasteiger partial charge in [-0.2, -0.15) is 0 Å². The third-order valence-corrected chi connectivity index (χ3v) is 6.24. The normalized spacial score (nSPS) is 12.7. The Kier molecular flexibility index (Phi) is 8.15. The van der Waals surface area contributed by atoms with Crippen LogP contribution in [0.3, 0.4) is 0 Å². The number of halogens is 1. The number of H-pyrrole nitrogens is 1. The van der Waals surface area contributed by atoms with Crippen molar-refractivity contribution < 1.29 is 9.53 Å². The molecule has 0 aliphatic carbocycles. The number of imidazole rings is 1. The standard InChI is InChI=1S/C25H31N3O3.ClH/c1-27(15-12-18-8-3-4-11-23(18)31-2)13-6-5-10-22(29)20-16-19-9-7-14-28-24(19)21(17-20)26-25(28)30;/h3-4,8,11,16-17H,5-7,9-10,12-15H2,1-2H3,(H,26,30);1H. The van der Waals surface area contributed by atoms with Crippen LogP contribution in [0.15, 0.2) is 41.2 Å². The lowest BCUT2D eigenvalue weighted by molar-refractivity contribution is 0.0978. The molecular weight excluding hydrogens is 426 g/mol. The zero-order valence-electron chi connectivity index (χ0n) is 18.9. The predicted molar refractivity (Wildman–Crippen MR) is 131 cm³/mol. The molecule has 0 bridgehead atoms. The topological polar surface area (TPSA) is 67.3 Å². The van der Waals surface area contributed by atoms with E-state index in [1.54, 1.807) is 11.7 Å². The quantitative estimate of drug-likeness (QED) is 0.365. The summed E-state index contributed by atoms with van der Waals surface area (Å²) in [6.45, 7) is 2.67. The first-order valence-corrected chi connectivity index (χ1v) is 11.2. The number of nitrogens with zero attached hydrogens (tertiary/aromatic N) is 2. The number of aromatic nitrogens is 2. The van der Waals surface area contributed by atoms with Gasteiger partial charge in [0.15, 0.2) is 5.78 Å². The molecule has 3 aromatic rings. The van der Waals surface area contributed by atoms with Crippen LogP contribution >= 0.6 is 12.4 Å². The van der Waals surface area contributed by atoms with Crippen molar-refractivity contribution in [2.75, 3.05) is 27.2 Å². The Hall–Kier alpha value is -2.57. The Labute approximate surface area is 195 Å². The van der Waals surface area contributed by atoms with E-state index in [4.69, 9.17) is 4.74 Å². The fraction of sp³-hybridized carbons (Fsp3) is 0.440. The summed E-state index contributed by atoms with van der Waals surface area (Å²) in [4.78, 5) is 30.1. The van der Waals surface area contributed by atoms with Crippen molar-refractivity contribution in [3.8, 4) is 5.75 Å². The van der Waals surface area contributed by atoms with Crippen LogP contribution in [0, 0.1) is 0 Å². The molecular formula is C25H32ClN3O3. The highest BCUT2D eigenvalue weighted by Gasteiger charge is 2.18. The molecule has 1 aromatic heterocycles. The molecule has 0 atom stereocenters. The third-order valence-electron chi connectivity index (χ3n) is 6.24. The first-order valence-electron chi connectivity index (χ1n) is 11.2. The predicted octanol–water partition coefficient (Wildman–Crippen LogP) is 4.23. The molecule has 1 N–H and O–H groups in total. The molecule has 0 amide bonds. The summed E-state index contributed by atoms with van der Waals surface area (Å²) < 4.78 is 7.22. The second-order valence-electron chi connectivity index (χ2n) is 8.46. The van der Waals surface area contributed by atoms with Crippen LogP contribution < -0.4 is 10.4 Å². The van der Waals surface area contributed by atoms with Gasteiger partial charge in [0.25, 0.3) is 0 Å². The molecule has 7 heteroatoms. The maximum atomic E-state index is 12.8. The van der Waals surface area contributed by atoms with Gasteiger partial charge in [0.1, 0.15) is 5.75 Å². The third kappa shape index (κ3) is 5.25. The number of aromatic amines is 1. The number of aryl methyl sites for hydroxylation is 2. The Balaban J connectivity index is 0.00000289. The van der Waals surface area contributed by atoms with E-state index in [0.717, 1.165) is 79.6 Å². The number of carbonyl (C=O) groups excluding carboxylic acids is 1. The van der Waals surface area contributed by atoms with Crippen molar-refractivity contribution in [1.82, 2.24) is 14.5 Å². The summed E-state index contributed by atoms with van der Waals surface area (Å²) in [5.41, 5.74) is 4.75. The fourth-order valence-corrected chi connectivity index (χ4v) is 4.53. The van der Waals surface area contributed by atoms with Crippen molar-refractivity contribution in [3.05, 3.63) is 63.6 Å². The number of likely N-dealkylation sites (N-methyl/N-ethyl adjacent to an activating group) is 1. The van der Waals surface area contributed by atoms with Crippen molar-refractivity contribution in [2.45, 2.75) is 45.1 Å². The van der Waals surface area contributed by atoms with Crippen LogP contribution in [-0.2, 0) is 19.4 Å². The minimum absolute atomic E-state index is 0. The highest BCUT2D eigenvalue weighted by atomic mass is 35.5. The molecule has 0 fully saturated rings. The number of hydrogen-bond acceptors (Lipinski definition) is 4. The highest BCUT2D eigenvalue weighted by Crippen LogP contribution is 2.25. The van der Waals surface area contributed by atoms with Gasteiger partial charge in [0.2, 0.25) is 0 Å². The summed E-state index contributed by atoms with van der Waals surface area (Å²) >= 11 is 0. The van der Waals surface area contributed by atoms with Crippen LogP contribution in [0.1, 0.15) is 47.2 Å². The Morgan fingerprint density at radius 2 is 2.00 bits per heavy atom. The van der Waals surface area contributed by atoms with Crippen molar-refractivity contribution in [2.24, 2.45) is 0 Å². The Bertz CT molecular complexity index is 1140. The first kappa shape index (κ1) is 24.1. The molecule has 2 heterocycles. The van der Waals surface area contributed by atoms with Crippen LogP contribution in [0.4, 0.5) is 0 Å². The monoisotopic (exact) mass is 457 g/mol. The number of ether oxygens (including phenoxy) is 1. The Morgan fingerprint density at radius 3 is 2.81 bits per heavy atom. The number of nitrogens with one attached hydrogen (secondary N) is 1. The molecule has 6 nitrogen and oxygen atoms in total. The number of rotatable bonds is 10. The lowest BCUT2D eigenvalue weighted by Crippen LogP contribution is -2.22. The SMILES string of the molecule is COc1ccccc1CCN(C)CCCCC(=O)c1cc2c3c(c1)[nH]c(=O)n3CCC2.Cl. The molecule has 1 aliphatic rings. The maximum Gasteiger partial charge on any atom is 0.326 e. The molecule has 2 aromatic carbocycles. The largest absolute Gasteiger partial charge is 0.496 e. The van der Waals surface area contributed by atoms with Gasteiger partial charge in [0.05, 0.1) is 18.1 Å². The minimum Gasteiger partial charge on any atom is -0.496 e. The number of Topliss-reactive ketones (excluding diaryl/α,β-unsaturated/α-hetero) is 1. The van der Waals surface area contributed by atoms with E-state index in [9.17, 15) is 9.59 Å². The second kappa shape index (κ2) is 10.8. The number of methoxy groups -OCH3 is 1. The van der Waals surface area contributed by atoms with Crippen molar-refractivity contribution >= 4 is 29.2 Å². The average molecular weight is 458 g/mol. The smallest absolute Gasteiger partial charge is 0.326 e. The molecule has 32 heavy (non-hydrogen) atoms. The minimum atomic E-state index is -0.0725. The summed E-state index contributed by atoms with van der Waals surface area (Å²) in [5, 5.41) is 0. The van der Waals surface area contributed by atoms with Crippen LogP contribution in [0.25, 0.3) is 11.0 Å². The molecule has 0 radical (unpaired) electrons. The number of para-hydroxylation sites is 1. The van der Waals surface area contributed by atoms with Crippen molar-refractivity contribution in [3.63, 3.8) is 0 Å². The summed E-state index contributed by atoms with van der Waals surface area (Å²) in [7, 11) is 3.83. The lowest BCUT2D eigenvalue weighted by Gasteiger charge is -2.17. The molecule has 0 saturated heterocycles. The highest BCUT2D eigenvalue weighted by molar-refractivity contribution is 5.99. The van der Waals surface area contributed by atoms with Gasteiger partial charge in [-0.05, 0) is 75.0 Å². The second-order valence-corrected chi connectivity index (χ2v) is 8.46. The van der Waals surface area contributed by atoms with Gasteiger partial charge in [-0.3, -0.25) is 9.36 Å². The molecule has 4 rings (SSSR count). The number of benzene rings is 2. The van der Waals surface area contributed by atoms with Crippen LogP contribution in [-0.4, -0.2) is 47.5 Å². The van der Waals surface area contributed by atoms with Crippen LogP contribution in [0.5, 0.6) is 5.75 Å². The zero-order valence-corrected chi connectivity index (χ0v) is 19.7. The van der Waals surface area contributed by atoms with Gasteiger partial charge in [-0.1, -0.05) is 18.2 Å². The van der Waals surface area contributed by atoms with Crippen LogP contribution in [0.2, 0.25) is 0 Å². The zero-order chi connectivity index (χ0) is 21.8. The van der Waals surface area contributed by atoms with E-state index in [1.807, 2.05) is 30.3 Å². The van der Waals surface area contributed by atoms with E-state index < -0.39 is 0 Å². The number of hydrogen-bond donors (Lipinski definition) is 1. The molecule has 172 valence electrons. The number of carbonyl (C=O) groups is 1. The van der Waals surface area contributed by atoms with Crippen molar-refractivity contribution in [1.29, 1.82) is 0 Å². The summed E-state index contributed by atoms with van der Waals surface area (Å²) in [5.74, 6) is 1.10. The van der Waals surface area contributed by atoms with Gasteiger partial charge >= 0.3 is 5.69 Å². The summed E-state index contributed by atoms with van der Waals surface area (Å²) in [6.07, 6.45) is 5.19. The van der Waals surface area contributed by atoms with Gasteiger partial charge < -0.3 is 14.6 Å². The number of ketones is 1. The molecule has 0 spiro atoms. The fourth-order valence-electron chi connectivity index (χ4n) is 4.53.